The third-order valence-corrected chi connectivity index (χ3v) is 3.86. The van der Waals surface area contributed by atoms with Crippen LogP contribution in [0.25, 0.3) is 0 Å². The molecule has 1 aromatic carbocycles. The van der Waals surface area contributed by atoms with Gasteiger partial charge in [0.2, 0.25) is 0 Å². The van der Waals surface area contributed by atoms with E-state index in [2.05, 4.69) is 10.1 Å². The Morgan fingerprint density at radius 2 is 1.84 bits per heavy atom. The van der Waals surface area contributed by atoms with Crippen molar-refractivity contribution in [2.75, 3.05) is 39.9 Å². The van der Waals surface area contributed by atoms with E-state index in [1.807, 2.05) is 0 Å². The molecule has 0 radical (unpaired) electrons. The minimum atomic E-state index is -4.90. The zero-order valence-electron chi connectivity index (χ0n) is 13.4. The molecule has 10 heteroatoms. The third-order valence-electron chi connectivity index (χ3n) is 3.86. The molecule has 1 atom stereocenters. The topological polar surface area (TPSA) is 54.0 Å². The summed E-state index contributed by atoms with van der Waals surface area (Å²) in [5, 5.41) is 12.1. The Morgan fingerprint density at radius 3 is 2.36 bits per heavy atom. The van der Waals surface area contributed by atoms with Gasteiger partial charge in [-0.2, -0.15) is 0 Å². The standard InChI is InChI=1S/C15H19F5N2O3/c1-24-12-8-10(25-15(18,19)20)2-3-11(12)13(14(16,17)9-23)22-6-4-21-5-7-22/h2-3,8,13,21,23H,4-7,9H2,1H3/t13-/m1/s1. The quantitative estimate of drug-likeness (QED) is 0.752. The molecule has 0 aliphatic carbocycles. The Morgan fingerprint density at radius 1 is 1.20 bits per heavy atom. The first-order valence-corrected chi connectivity index (χ1v) is 7.55. The molecular weight excluding hydrogens is 351 g/mol. The van der Waals surface area contributed by atoms with Crippen LogP contribution in [0.15, 0.2) is 18.2 Å². The lowest BCUT2D eigenvalue weighted by molar-refractivity contribution is -0.274. The first-order valence-electron chi connectivity index (χ1n) is 7.55. The smallest absolute Gasteiger partial charge is 0.496 e. The maximum Gasteiger partial charge on any atom is 0.573 e. The van der Waals surface area contributed by atoms with Gasteiger partial charge >= 0.3 is 6.36 Å². The van der Waals surface area contributed by atoms with Crippen LogP contribution in [-0.4, -0.2) is 62.2 Å². The van der Waals surface area contributed by atoms with Crippen molar-refractivity contribution in [1.29, 1.82) is 0 Å². The molecule has 2 rings (SSSR count). The molecular formula is C15H19F5N2O3. The van der Waals surface area contributed by atoms with Crippen molar-refractivity contribution in [2.24, 2.45) is 0 Å². The summed E-state index contributed by atoms with van der Waals surface area (Å²) in [5.74, 6) is -4.24. The van der Waals surface area contributed by atoms with Gasteiger partial charge in [0, 0.05) is 37.8 Å². The molecule has 1 aliphatic heterocycles. The fraction of sp³-hybridized carbons (Fsp3) is 0.600. The number of hydrogen-bond acceptors (Lipinski definition) is 5. The largest absolute Gasteiger partial charge is 0.573 e. The summed E-state index contributed by atoms with van der Waals surface area (Å²) in [6, 6.07) is 1.44. The Labute approximate surface area is 141 Å². The summed E-state index contributed by atoms with van der Waals surface area (Å²) in [5.41, 5.74) is -0.0158. The monoisotopic (exact) mass is 370 g/mol. The van der Waals surface area contributed by atoms with Crippen LogP contribution in [-0.2, 0) is 0 Å². The van der Waals surface area contributed by atoms with Crippen LogP contribution in [0.5, 0.6) is 11.5 Å². The highest BCUT2D eigenvalue weighted by molar-refractivity contribution is 5.43. The number of rotatable bonds is 6. The lowest BCUT2D eigenvalue weighted by atomic mass is 9.97. The Hall–Kier alpha value is -1.65. The number of alkyl halides is 5. The number of piperazine rings is 1. The lowest BCUT2D eigenvalue weighted by Crippen LogP contribution is -2.51. The summed E-state index contributed by atoms with van der Waals surface area (Å²) in [4.78, 5) is 1.47. The fourth-order valence-corrected chi connectivity index (χ4v) is 2.83. The normalized spacial score (nSPS) is 18.0. The van der Waals surface area contributed by atoms with Crippen LogP contribution in [0.4, 0.5) is 22.0 Å². The van der Waals surface area contributed by atoms with Crippen molar-refractivity contribution >= 4 is 0 Å². The molecule has 0 amide bonds. The molecule has 0 aromatic heterocycles. The molecule has 142 valence electrons. The molecule has 0 unspecified atom stereocenters. The van der Waals surface area contributed by atoms with Crippen LogP contribution in [0, 0.1) is 0 Å². The highest BCUT2D eigenvalue weighted by Crippen LogP contribution is 2.42. The predicted octanol–water partition coefficient (Wildman–Crippen LogP) is 2.17. The van der Waals surface area contributed by atoms with Crippen LogP contribution in [0.3, 0.4) is 0 Å². The summed E-state index contributed by atoms with van der Waals surface area (Å²) in [6.07, 6.45) is -4.90. The summed E-state index contributed by atoms with van der Waals surface area (Å²) in [6.45, 7) is 0.158. The highest BCUT2D eigenvalue weighted by Gasteiger charge is 2.45. The third kappa shape index (κ3) is 4.93. The van der Waals surface area contributed by atoms with E-state index in [1.165, 1.54) is 12.0 Å². The van der Waals surface area contributed by atoms with Crippen molar-refractivity contribution in [3.8, 4) is 11.5 Å². The Balaban J connectivity index is 2.41. The molecule has 0 saturated carbocycles. The SMILES string of the molecule is COc1cc(OC(F)(F)F)ccc1[C@@H](N1CCNCC1)C(F)(F)CO. The second-order valence-corrected chi connectivity index (χ2v) is 5.56. The summed E-state index contributed by atoms with van der Waals surface area (Å²) in [7, 11) is 1.17. The first-order chi connectivity index (χ1) is 11.7. The van der Waals surface area contributed by atoms with Crippen molar-refractivity contribution in [2.45, 2.75) is 18.3 Å². The van der Waals surface area contributed by atoms with Crippen molar-refractivity contribution in [3.05, 3.63) is 23.8 Å². The highest BCUT2D eigenvalue weighted by atomic mass is 19.4. The van der Waals surface area contributed by atoms with E-state index in [9.17, 15) is 22.0 Å². The molecule has 0 bridgehead atoms. The van der Waals surface area contributed by atoms with Crippen LogP contribution >= 0.6 is 0 Å². The maximum absolute atomic E-state index is 14.4. The average Bonchev–Trinajstić information content (AvgIpc) is 2.55. The number of methoxy groups -OCH3 is 1. The second kappa shape index (κ2) is 7.71. The van der Waals surface area contributed by atoms with E-state index in [0.29, 0.717) is 26.2 Å². The van der Waals surface area contributed by atoms with Gasteiger partial charge in [-0.3, -0.25) is 4.90 Å². The van der Waals surface area contributed by atoms with Crippen LogP contribution in [0.1, 0.15) is 11.6 Å². The van der Waals surface area contributed by atoms with Gasteiger partial charge < -0.3 is 19.9 Å². The number of aliphatic hydroxyl groups excluding tert-OH is 1. The van der Waals surface area contributed by atoms with Gasteiger partial charge in [-0.25, -0.2) is 8.78 Å². The van der Waals surface area contributed by atoms with Gasteiger partial charge in [0.1, 0.15) is 24.1 Å². The summed E-state index contributed by atoms with van der Waals surface area (Å²) >= 11 is 0. The molecule has 1 saturated heterocycles. The number of aliphatic hydroxyl groups is 1. The number of benzene rings is 1. The Bertz CT molecular complexity index is 577. The zero-order valence-corrected chi connectivity index (χ0v) is 13.4. The summed E-state index contributed by atoms with van der Waals surface area (Å²) < 4.78 is 74.6. The molecule has 1 fully saturated rings. The molecule has 25 heavy (non-hydrogen) atoms. The molecule has 1 heterocycles. The van der Waals surface area contributed by atoms with Gasteiger partial charge in [-0.05, 0) is 12.1 Å². The average molecular weight is 370 g/mol. The van der Waals surface area contributed by atoms with Gasteiger partial charge in [0.25, 0.3) is 5.92 Å². The van der Waals surface area contributed by atoms with Crippen LogP contribution < -0.4 is 14.8 Å². The fourth-order valence-electron chi connectivity index (χ4n) is 2.83. The number of hydrogen-bond donors (Lipinski definition) is 2. The predicted molar refractivity (Wildman–Crippen MR) is 78.9 cm³/mol. The molecule has 0 spiro atoms. The minimum Gasteiger partial charge on any atom is -0.496 e. The van der Waals surface area contributed by atoms with E-state index >= 15 is 0 Å². The van der Waals surface area contributed by atoms with Gasteiger partial charge in [-0.1, -0.05) is 0 Å². The first kappa shape index (κ1) is 19.7. The van der Waals surface area contributed by atoms with E-state index in [-0.39, 0.29) is 11.3 Å². The second-order valence-electron chi connectivity index (χ2n) is 5.56. The van der Waals surface area contributed by atoms with E-state index in [4.69, 9.17) is 9.84 Å². The van der Waals surface area contributed by atoms with Crippen LogP contribution in [0.2, 0.25) is 0 Å². The van der Waals surface area contributed by atoms with Gasteiger partial charge in [-0.15, -0.1) is 13.2 Å². The van der Waals surface area contributed by atoms with Crippen molar-refractivity contribution < 1.29 is 36.5 Å². The van der Waals surface area contributed by atoms with Crippen molar-refractivity contribution in [3.63, 3.8) is 0 Å². The number of halogens is 5. The minimum absolute atomic E-state index is 0.0158. The number of nitrogens with zero attached hydrogens (tertiary/aromatic N) is 1. The van der Waals surface area contributed by atoms with Gasteiger partial charge in [0.15, 0.2) is 0 Å². The molecule has 1 aliphatic rings. The maximum atomic E-state index is 14.4. The zero-order chi connectivity index (χ0) is 18.7. The van der Waals surface area contributed by atoms with Crippen molar-refractivity contribution in [1.82, 2.24) is 10.2 Å². The van der Waals surface area contributed by atoms with E-state index in [0.717, 1.165) is 18.2 Å². The molecule has 2 N–H and O–H groups in total. The molecule has 5 nitrogen and oxygen atoms in total. The molecule has 1 aromatic rings. The van der Waals surface area contributed by atoms with Gasteiger partial charge in [0.05, 0.1) is 7.11 Å². The lowest BCUT2D eigenvalue weighted by Gasteiger charge is -2.39. The van der Waals surface area contributed by atoms with E-state index in [1.54, 1.807) is 0 Å². The Kier molecular flexibility index (Phi) is 6.07. The number of nitrogens with one attached hydrogen (secondary N) is 1. The van der Waals surface area contributed by atoms with E-state index < -0.39 is 30.7 Å². The number of ether oxygens (including phenoxy) is 2.